The van der Waals surface area contributed by atoms with Crippen LogP contribution in [-0.4, -0.2) is 23.3 Å². The molecule has 1 heterocycles. The van der Waals surface area contributed by atoms with Crippen molar-refractivity contribution in [3.63, 3.8) is 0 Å². The fraction of sp³-hybridized carbons (Fsp3) is 0.231. The van der Waals surface area contributed by atoms with Crippen LogP contribution >= 0.6 is 11.8 Å². The van der Waals surface area contributed by atoms with Gasteiger partial charge >= 0.3 is 0 Å². The molecule has 3 nitrogen and oxygen atoms in total. The molecule has 88 valence electrons. The fourth-order valence-corrected chi connectivity index (χ4v) is 1.99. The first kappa shape index (κ1) is 11.9. The molecule has 0 spiro atoms. The van der Waals surface area contributed by atoms with E-state index in [4.69, 9.17) is 4.74 Å². The van der Waals surface area contributed by atoms with E-state index in [1.165, 1.54) is 0 Å². The number of aromatic nitrogens is 2. The molecule has 0 aliphatic rings. The second kappa shape index (κ2) is 5.19. The third kappa shape index (κ3) is 2.77. The minimum atomic E-state index is 0.794. The highest BCUT2D eigenvalue weighted by molar-refractivity contribution is 7.98. The van der Waals surface area contributed by atoms with Gasteiger partial charge in [0.2, 0.25) is 0 Å². The van der Waals surface area contributed by atoms with Gasteiger partial charge in [0, 0.05) is 11.3 Å². The molecule has 2 rings (SSSR count). The highest BCUT2D eigenvalue weighted by Gasteiger charge is 2.04. The summed E-state index contributed by atoms with van der Waals surface area (Å²) >= 11 is 1.55. The zero-order chi connectivity index (χ0) is 12.3. The van der Waals surface area contributed by atoms with Crippen LogP contribution in [0.25, 0.3) is 11.3 Å². The maximum Gasteiger partial charge on any atom is 0.188 e. The predicted octanol–water partition coefficient (Wildman–Crippen LogP) is 3.18. The number of benzene rings is 1. The van der Waals surface area contributed by atoms with Crippen LogP contribution in [0.15, 0.2) is 35.5 Å². The smallest absolute Gasteiger partial charge is 0.188 e. The van der Waals surface area contributed by atoms with Gasteiger partial charge < -0.3 is 4.74 Å². The molecular weight excluding hydrogens is 232 g/mol. The monoisotopic (exact) mass is 246 g/mol. The molecule has 0 amide bonds. The van der Waals surface area contributed by atoms with Crippen molar-refractivity contribution in [3.8, 4) is 17.0 Å². The Morgan fingerprint density at radius 3 is 2.71 bits per heavy atom. The topological polar surface area (TPSA) is 35.0 Å². The molecule has 0 atom stereocenters. The maximum absolute atomic E-state index is 5.21. The van der Waals surface area contributed by atoms with Crippen molar-refractivity contribution in [1.29, 1.82) is 0 Å². The maximum atomic E-state index is 5.21. The molecule has 2 aromatic rings. The van der Waals surface area contributed by atoms with Gasteiger partial charge in [-0.25, -0.2) is 9.97 Å². The molecule has 0 radical (unpaired) electrons. The molecule has 0 aliphatic heterocycles. The van der Waals surface area contributed by atoms with Gasteiger partial charge in [-0.05, 0) is 31.4 Å². The minimum absolute atomic E-state index is 0.794. The third-order valence-corrected chi connectivity index (χ3v) is 2.93. The third-order valence-electron chi connectivity index (χ3n) is 2.38. The quantitative estimate of drug-likeness (QED) is 0.615. The number of thioether (sulfide) groups is 1. The van der Waals surface area contributed by atoms with Crippen LogP contribution in [0.5, 0.6) is 5.75 Å². The van der Waals surface area contributed by atoms with Crippen LogP contribution in [-0.2, 0) is 0 Å². The van der Waals surface area contributed by atoms with Gasteiger partial charge in [-0.1, -0.05) is 23.9 Å². The number of methoxy groups -OCH3 is 1. The number of hydrogen-bond donors (Lipinski definition) is 0. The molecule has 0 N–H and O–H groups in total. The summed E-state index contributed by atoms with van der Waals surface area (Å²) in [6.07, 6.45) is 1.98. The standard InChI is InChI=1S/C13H14N2OS/c1-9-7-12(15-13(14-9)17-3)10-5-4-6-11(8-10)16-2/h4-8H,1-3H3. The van der Waals surface area contributed by atoms with Crippen LogP contribution < -0.4 is 4.74 Å². The Morgan fingerprint density at radius 2 is 2.00 bits per heavy atom. The van der Waals surface area contributed by atoms with Crippen molar-refractivity contribution in [2.75, 3.05) is 13.4 Å². The van der Waals surface area contributed by atoms with Gasteiger partial charge in [0.1, 0.15) is 5.75 Å². The van der Waals surface area contributed by atoms with E-state index in [-0.39, 0.29) is 0 Å². The largest absolute Gasteiger partial charge is 0.497 e. The fourth-order valence-electron chi connectivity index (χ4n) is 1.56. The summed E-state index contributed by atoms with van der Waals surface area (Å²) in [7, 11) is 1.66. The van der Waals surface area contributed by atoms with E-state index in [0.29, 0.717) is 0 Å². The first-order chi connectivity index (χ1) is 8.22. The second-order valence-electron chi connectivity index (χ2n) is 3.61. The summed E-state index contributed by atoms with van der Waals surface area (Å²) in [6, 6.07) is 9.87. The summed E-state index contributed by atoms with van der Waals surface area (Å²) in [4.78, 5) is 8.84. The van der Waals surface area contributed by atoms with E-state index in [1.807, 2.05) is 43.5 Å². The Morgan fingerprint density at radius 1 is 1.18 bits per heavy atom. The van der Waals surface area contributed by atoms with E-state index in [1.54, 1.807) is 18.9 Å². The van der Waals surface area contributed by atoms with Crippen LogP contribution in [0.3, 0.4) is 0 Å². The molecule has 0 unspecified atom stereocenters. The SMILES string of the molecule is COc1cccc(-c2cc(C)nc(SC)n2)c1. The molecule has 17 heavy (non-hydrogen) atoms. The Bertz CT molecular complexity index is 529. The van der Waals surface area contributed by atoms with Crippen molar-refractivity contribution < 1.29 is 4.74 Å². The Kier molecular flexibility index (Phi) is 3.64. The van der Waals surface area contributed by atoms with Crippen molar-refractivity contribution in [2.24, 2.45) is 0 Å². The van der Waals surface area contributed by atoms with E-state index >= 15 is 0 Å². The van der Waals surface area contributed by atoms with Gasteiger partial charge in [-0.2, -0.15) is 0 Å². The minimum Gasteiger partial charge on any atom is -0.497 e. The van der Waals surface area contributed by atoms with Gasteiger partial charge in [-0.3, -0.25) is 0 Å². The number of nitrogens with zero attached hydrogens (tertiary/aromatic N) is 2. The van der Waals surface area contributed by atoms with Gasteiger partial charge in [-0.15, -0.1) is 0 Å². The molecule has 0 saturated heterocycles. The number of aryl methyl sites for hydroxylation is 1. The Balaban J connectivity index is 2.47. The highest BCUT2D eigenvalue weighted by atomic mass is 32.2. The van der Waals surface area contributed by atoms with E-state index in [9.17, 15) is 0 Å². The van der Waals surface area contributed by atoms with E-state index in [0.717, 1.165) is 27.9 Å². The Hall–Kier alpha value is -1.55. The molecule has 0 aliphatic carbocycles. The molecule has 1 aromatic heterocycles. The van der Waals surface area contributed by atoms with E-state index < -0.39 is 0 Å². The summed E-state index contributed by atoms with van der Waals surface area (Å²) in [5.74, 6) is 0.837. The average Bonchev–Trinajstić information content (AvgIpc) is 2.38. The van der Waals surface area contributed by atoms with E-state index in [2.05, 4.69) is 9.97 Å². The van der Waals surface area contributed by atoms with Crippen LogP contribution in [0.1, 0.15) is 5.69 Å². The zero-order valence-corrected chi connectivity index (χ0v) is 10.9. The van der Waals surface area contributed by atoms with Crippen molar-refractivity contribution in [2.45, 2.75) is 12.1 Å². The number of rotatable bonds is 3. The van der Waals surface area contributed by atoms with Crippen LogP contribution in [0, 0.1) is 6.92 Å². The molecule has 0 saturated carbocycles. The lowest BCUT2D eigenvalue weighted by Gasteiger charge is -2.06. The first-order valence-corrected chi connectivity index (χ1v) is 6.49. The number of hydrogen-bond acceptors (Lipinski definition) is 4. The second-order valence-corrected chi connectivity index (χ2v) is 4.39. The van der Waals surface area contributed by atoms with Crippen LogP contribution in [0.4, 0.5) is 0 Å². The average molecular weight is 246 g/mol. The Labute approximate surface area is 105 Å². The normalized spacial score (nSPS) is 10.3. The zero-order valence-electron chi connectivity index (χ0n) is 10.1. The van der Waals surface area contributed by atoms with Crippen molar-refractivity contribution in [3.05, 3.63) is 36.0 Å². The summed E-state index contributed by atoms with van der Waals surface area (Å²) in [6.45, 7) is 1.98. The summed E-state index contributed by atoms with van der Waals surface area (Å²) < 4.78 is 5.21. The lowest BCUT2D eigenvalue weighted by Crippen LogP contribution is -1.93. The predicted molar refractivity (Wildman–Crippen MR) is 70.5 cm³/mol. The summed E-state index contributed by atoms with van der Waals surface area (Å²) in [5, 5.41) is 0.794. The molecule has 0 fully saturated rings. The van der Waals surface area contributed by atoms with Gasteiger partial charge in [0.25, 0.3) is 0 Å². The first-order valence-electron chi connectivity index (χ1n) is 5.27. The number of ether oxygens (including phenoxy) is 1. The van der Waals surface area contributed by atoms with Crippen LogP contribution in [0.2, 0.25) is 0 Å². The molecular formula is C13H14N2OS. The van der Waals surface area contributed by atoms with Gasteiger partial charge in [0.05, 0.1) is 12.8 Å². The molecule has 1 aromatic carbocycles. The van der Waals surface area contributed by atoms with Crippen molar-refractivity contribution >= 4 is 11.8 Å². The van der Waals surface area contributed by atoms with Gasteiger partial charge in [0.15, 0.2) is 5.16 Å². The lowest BCUT2D eigenvalue weighted by molar-refractivity contribution is 0.415. The lowest BCUT2D eigenvalue weighted by atomic mass is 10.1. The highest BCUT2D eigenvalue weighted by Crippen LogP contribution is 2.24. The summed E-state index contributed by atoms with van der Waals surface area (Å²) in [5.41, 5.74) is 2.95. The molecule has 4 heteroatoms. The van der Waals surface area contributed by atoms with Crippen molar-refractivity contribution in [1.82, 2.24) is 9.97 Å². The molecule has 0 bridgehead atoms.